The van der Waals surface area contributed by atoms with Gasteiger partial charge in [0.2, 0.25) is 5.91 Å². The number of anilines is 1. The van der Waals surface area contributed by atoms with E-state index in [1.54, 1.807) is 36.4 Å². The Morgan fingerprint density at radius 3 is 2.38 bits per heavy atom. The first kappa shape index (κ1) is 33.3. The first-order valence-corrected chi connectivity index (χ1v) is 15.6. The van der Waals surface area contributed by atoms with Gasteiger partial charge in [0.25, 0.3) is 17.7 Å². The summed E-state index contributed by atoms with van der Waals surface area (Å²) in [5.74, 6) is -1.47. The van der Waals surface area contributed by atoms with Crippen molar-refractivity contribution in [1.82, 2.24) is 19.7 Å². The Labute approximate surface area is 279 Å². The third-order valence-corrected chi connectivity index (χ3v) is 8.42. The van der Waals surface area contributed by atoms with Gasteiger partial charge in [0.1, 0.15) is 5.15 Å². The molecule has 4 aromatic rings. The monoisotopic (exact) mass is 652 g/mol. The molecule has 0 fully saturated rings. The average Bonchev–Trinajstić information content (AvgIpc) is 3.05. The van der Waals surface area contributed by atoms with E-state index in [4.69, 9.17) is 17.3 Å². The first-order chi connectivity index (χ1) is 22.5. The number of carbonyl (C=O) groups excluding carboxylic acids is 4. The molecule has 3 aromatic carbocycles. The van der Waals surface area contributed by atoms with Crippen molar-refractivity contribution < 1.29 is 19.2 Å². The third kappa shape index (κ3) is 8.03. The van der Waals surface area contributed by atoms with Crippen LogP contribution in [0, 0.1) is 6.92 Å². The summed E-state index contributed by atoms with van der Waals surface area (Å²) in [6, 6.07) is 23.6. The summed E-state index contributed by atoms with van der Waals surface area (Å²) >= 11 is 6.12. The second kappa shape index (κ2) is 14.6. The summed E-state index contributed by atoms with van der Waals surface area (Å²) < 4.78 is 0. The van der Waals surface area contributed by atoms with Gasteiger partial charge in [-0.15, -0.1) is 0 Å². The van der Waals surface area contributed by atoms with E-state index in [9.17, 15) is 19.2 Å². The number of aryl methyl sites for hydroxylation is 1. The molecule has 1 aliphatic heterocycles. The Morgan fingerprint density at radius 2 is 1.72 bits per heavy atom. The summed E-state index contributed by atoms with van der Waals surface area (Å²) in [5, 5.41) is 2.93. The van der Waals surface area contributed by atoms with Crippen molar-refractivity contribution in [2.24, 2.45) is 5.73 Å². The summed E-state index contributed by atoms with van der Waals surface area (Å²) in [4.78, 5) is 61.2. The van der Waals surface area contributed by atoms with Crippen LogP contribution in [-0.4, -0.2) is 77.0 Å². The molecular weight excluding hydrogens is 616 g/mol. The number of hydrogen-bond donors (Lipinski definition) is 2. The van der Waals surface area contributed by atoms with Gasteiger partial charge in [-0.3, -0.25) is 19.2 Å². The van der Waals surface area contributed by atoms with Crippen molar-refractivity contribution in [2.45, 2.75) is 25.9 Å². The molecule has 5 rings (SSSR count). The highest BCUT2D eigenvalue weighted by Crippen LogP contribution is 2.36. The van der Waals surface area contributed by atoms with Gasteiger partial charge in [0, 0.05) is 42.6 Å². The Bertz CT molecular complexity index is 1790. The normalized spacial score (nSPS) is 14.1. The number of pyridine rings is 1. The molecule has 0 radical (unpaired) electrons. The van der Waals surface area contributed by atoms with Gasteiger partial charge in [-0.2, -0.15) is 0 Å². The first-order valence-electron chi connectivity index (χ1n) is 15.2. The van der Waals surface area contributed by atoms with Gasteiger partial charge in [-0.1, -0.05) is 59.6 Å². The predicted octanol–water partition coefficient (Wildman–Crippen LogP) is 4.72. The number of nitrogens with zero attached hydrogens (tertiary/aromatic N) is 4. The number of hydrogen-bond acceptors (Lipinski definition) is 6. The predicted molar refractivity (Wildman–Crippen MR) is 181 cm³/mol. The molecular formula is C36H37ClN6O4. The van der Waals surface area contributed by atoms with E-state index >= 15 is 0 Å². The molecule has 1 atom stereocenters. The molecule has 2 heterocycles. The zero-order chi connectivity index (χ0) is 33.7. The van der Waals surface area contributed by atoms with Crippen LogP contribution in [0.1, 0.15) is 59.4 Å². The molecule has 0 saturated heterocycles. The van der Waals surface area contributed by atoms with Crippen molar-refractivity contribution in [3.8, 4) is 0 Å². The lowest BCUT2D eigenvalue weighted by molar-refractivity contribution is -0.118. The van der Waals surface area contributed by atoms with Gasteiger partial charge < -0.3 is 25.8 Å². The molecule has 1 aliphatic rings. The van der Waals surface area contributed by atoms with Crippen molar-refractivity contribution in [3.63, 3.8) is 0 Å². The maximum absolute atomic E-state index is 14.2. The minimum absolute atomic E-state index is 0.0908. The summed E-state index contributed by atoms with van der Waals surface area (Å²) in [6.45, 7) is 3.07. The minimum atomic E-state index is -0.580. The molecule has 1 unspecified atom stereocenters. The average molecular weight is 653 g/mol. The summed E-state index contributed by atoms with van der Waals surface area (Å²) in [6.07, 6.45) is 2.09. The quantitative estimate of drug-likeness (QED) is 0.226. The second-order valence-corrected chi connectivity index (χ2v) is 12.3. The van der Waals surface area contributed by atoms with Gasteiger partial charge in [0.15, 0.2) is 0 Å². The lowest BCUT2D eigenvalue weighted by atomic mass is 9.88. The van der Waals surface area contributed by atoms with Crippen LogP contribution in [0.3, 0.4) is 0 Å². The zero-order valence-electron chi connectivity index (χ0n) is 26.6. The van der Waals surface area contributed by atoms with E-state index in [0.29, 0.717) is 42.9 Å². The van der Waals surface area contributed by atoms with Gasteiger partial charge in [-0.05, 0) is 80.5 Å². The van der Waals surface area contributed by atoms with Crippen molar-refractivity contribution in [3.05, 3.63) is 129 Å². The fraction of sp³-hybridized carbons (Fsp3) is 0.250. The van der Waals surface area contributed by atoms with Gasteiger partial charge >= 0.3 is 0 Å². The fourth-order valence-corrected chi connectivity index (χ4v) is 5.77. The number of nitrogens with two attached hydrogens (primary N) is 1. The Hall–Kier alpha value is -5.06. The Morgan fingerprint density at radius 1 is 1.00 bits per heavy atom. The minimum Gasteiger partial charge on any atom is -0.368 e. The van der Waals surface area contributed by atoms with Crippen LogP contribution >= 0.6 is 11.6 Å². The third-order valence-electron chi connectivity index (χ3n) is 8.12. The van der Waals surface area contributed by atoms with Crippen LogP contribution in [-0.2, 0) is 17.8 Å². The number of nitrogens with one attached hydrogen (secondary N) is 1. The topological polar surface area (TPSA) is 129 Å². The maximum Gasteiger partial charge on any atom is 0.258 e. The Kier molecular flexibility index (Phi) is 10.3. The van der Waals surface area contributed by atoms with E-state index in [1.807, 2.05) is 73.3 Å². The maximum atomic E-state index is 14.2. The molecule has 242 valence electrons. The van der Waals surface area contributed by atoms with E-state index in [1.165, 1.54) is 11.1 Å². The molecule has 11 heteroatoms. The van der Waals surface area contributed by atoms with Gasteiger partial charge in [-0.25, -0.2) is 4.98 Å². The standard InChI is InChI=1S/C36H37ClN6O4/c1-23-6-10-25(11-7-23)31-19-27-14-15-28(40-34(45)29-5-4-16-39-33(29)37)20-30(27)36(47)43(31)21-24-8-12-26(13-9-24)35(46)42(22-32(38)44)18-17-41(2)3/h4-16,20,31H,17-19,21-22H2,1-3H3,(H2,38,44)(H,40,45). The summed E-state index contributed by atoms with van der Waals surface area (Å²) in [5.41, 5.74) is 10.9. The second-order valence-electron chi connectivity index (χ2n) is 11.9. The molecule has 0 aliphatic carbocycles. The molecule has 1 aromatic heterocycles. The number of amides is 4. The van der Waals surface area contributed by atoms with Crippen LogP contribution in [0.15, 0.2) is 85.1 Å². The van der Waals surface area contributed by atoms with E-state index < -0.39 is 11.8 Å². The number of likely N-dealkylation sites (N-methyl/N-ethyl adjacent to an activating group) is 1. The molecule has 3 N–H and O–H groups in total. The molecule has 0 bridgehead atoms. The molecule has 0 saturated carbocycles. The molecule has 10 nitrogen and oxygen atoms in total. The lowest BCUT2D eigenvalue weighted by Crippen LogP contribution is -2.42. The number of rotatable bonds is 11. The van der Waals surface area contributed by atoms with Crippen molar-refractivity contribution >= 4 is 40.9 Å². The van der Waals surface area contributed by atoms with Crippen LogP contribution < -0.4 is 11.1 Å². The largest absolute Gasteiger partial charge is 0.368 e. The number of benzene rings is 3. The zero-order valence-corrected chi connectivity index (χ0v) is 27.3. The SMILES string of the molecule is Cc1ccc(C2Cc3ccc(NC(=O)c4cccnc4Cl)cc3C(=O)N2Cc2ccc(C(=O)N(CCN(C)C)CC(N)=O)cc2)cc1. The van der Waals surface area contributed by atoms with Crippen LogP contribution in [0.5, 0.6) is 0 Å². The molecule has 0 spiro atoms. The lowest BCUT2D eigenvalue weighted by Gasteiger charge is -2.37. The van der Waals surface area contributed by atoms with Crippen LogP contribution in [0.2, 0.25) is 5.15 Å². The molecule has 47 heavy (non-hydrogen) atoms. The number of halogens is 1. The highest BCUT2D eigenvalue weighted by molar-refractivity contribution is 6.33. The van der Waals surface area contributed by atoms with Crippen molar-refractivity contribution in [1.29, 1.82) is 0 Å². The Balaban J connectivity index is 1.41. The molecule has 4 amide bonds. The number of aromatic nitrogens is 1. The van der Waals surface area contributed by atoms with Crippen molar-refractivity contribution in [2.75, 3.05) is 39.0 Å². The smallest absolute Gasteiger partial charge is 0.258 e. The van der Waals surface area contributed by atoms with Crippen LogP contribution in [0.25, 0.3) is 0 Å². The summed E-state index contributed by atoms with van der Waals surface area (Å²) in [7, 11) is 3.78. The van der Waals surface area contributed by atoms with E-state index in [2.05, 4.69) is 10.3 Å². The highest BCUT2D eigenvalue weighted by atomic mass is 35.5. The number of primary amides is 1. The van der Waals surface area contributed by atoms with E-state index in [0.717, 1.165) is 22.3 Å². The number of carbonyl (C=O) groups is 4. The van der Waals surface area contributed by atoms with Gasteiger partial charge in [0.05, 0.1) is 18.2 Å². The van der Waals surface area contributed by atoms with E-state index in [-0.39, 0.29) is 35.1 Å². The van der Waals surface area contributed by atoms with Crippen LogP contribution in [0.4, 0.5) is 5.69 Å². The highest BCUT2D eigenvalue weighted by Gasteiger charge is 2.34. The fourth-order valence-electron chi connectivity index (χ4n) is 5.56. The number of fused-ring (bicyclic) bond motifs is 1.